The second-order valence-electron chi connectivity index (χ2n) is 8.81. The fraction of sp³-hybridized carbons (Fsp3) is 0.435. The van der Waals surface area contributed by atoms with Gasteiger partial charge in [0.15, 0.2) is 11.5 Å². The summed E-state index contributed by atoms with van der Waals surface area (Å²) in [6, 6.07) is 3.11. The fourth-order valence-electron chi connectivity index (χ4n) is 3.35. The molecular weight excluding hydrogens is 516 g/mol. The van der Waals surface area contributed by atoms with Crippen LogP contribution in [0.25, 0.3) is 0 Å². The lowest BCUT2D eigenvalue weighted by Gasteiger charge is -2.48. The van der Waals surface area contributed by atoms with Crippen LogP contribution in [0.5, 0.6) is 11.5 Å². The van der Waals surface area contributed by atoms with E-state index in [1.54, 1.807) is 20.8 Å². The van der Waals surface area contributed by atoms with Gasteiger partial charge in [0, 0.05) is 25.2 Å². The quantitative estimate of drug-likeness (QED) is 0.319. The van der Waals surface area contributed by atoms with Crippen molar-refractivity contribution in [2.24, 2.45) is 5.73 Å². The number of esters is 4. The molecule has 2 aliphatic heterocycles. The number of carbonyl (C=O) groups is 5. The van der Waals surface area contributed by atoms with Crippen molar-refractivity contribution in [3.8, 4) is 11.5 Å². The first kappa shape index (κ1) is 29.1. The molecule has 0 spiro atoms. The molecule has 1 aromatic carbocycles. The first-order valence-electron chi connectivity index (χ1n) is 10.6. The Morgan fingerprint density at radius 3 is 2.25 bits per heavy atom. The highest BCUT2D eigenvalue weighted by molar-refractivity contribution is 8.00. The van der Waals surface area contributed by atoms with Crippen LogP contribution in [0.15, 0.2) is 29.5 Å². The Hall–Kier alpha value is -3.09. The van der Waals surface area contributed by atoms with Gasteiger partial charge in [0.2, 0.25) is 5.91 Å². The molecule has 1 aromatic rings. The van der Waals surface area contributed by atoms with E-state index in [1.807, 2.05) is 0 Å². The SMILES string of the molecule is CC(=O)Oc1ccc(C(=O)OCC2=C(C(=O)OC(C)(C)C)N3C(=O)[C@H](N)[C@@H]3SC2)cc1OC(C)=O.Cl. The number of thioether (sulfide) groups is 1. The number of hydrogen-bond acceptors (Lipinski definition) is 11. The van der Waals surface area contributed by atoms with Crippen LogP contribution < -0.4 is 15.2 Å². The maximum Gasteiger partial charge on any atom is 0.355 e. The van der Waals surface area contributed by atoms with Crippen molar-refractivity contribution in [3.05, 3.63) is 35.0 Å². The van der Waals surface area contributed by atoms with Crippen molar-refractivity contribution in [2.45, 2.75) is 51.6 Å². The standard InChI is InChI=1S/C23H26N2O9S.ClH/c1-11(26)32-15-7-6-13(8-16(15)33-12(2)27)21(29)31-9-14-10-35-20-17(24)19(28)25(20)18(14)22(30)34-23(3,4)5;/h6-8,17,20H,9-10,24H2,1-5H3;1H/t17-,20-;/m0./s1. The van der Waals surface area contributed by atoms with Crippen LogP contribution in [0.4, 0.5) is 0 Å². The molecule has 1 fully saturated rings. The lowest BCUT2D eigenvalue weighted by Crippen LogP contribution is -2.68. The van der Waals surface area contributed by atoms with E-state index in [9.17, 15) is 24.0 Å². The van der Waals surface area contributed by atoms with Gasteiger partial charge in [-0.1, -0.05) is 0 Å². The Bertz CT molecular complexity index is 1130. The van der Waals surface area contributed by atoms with Crippen molar-refractivity contribution in [1.82, 2.24) is 4.90 Å². The van der Waals surface area contributed by atoms with E-state index in [1.165, 1.54) is 41.8 Å². The zero-order chi connectivity index (χ0) is 26.1. The van der Waals surface area contributed by atoms with Crippen molar-refractivity contribution in [2.75, 3.05) is 12.4 Å². The monoisotopic (exact) mass is 542 g/mol. The largest absolute Gasteiger partial charge is 0.457 e. The molecule has 196 valence electrons. The smallest absolute Gasteiger partial charge is 0.355 e. The minimum absolute atomic E-state index is 0. The zero-order valence-corrected chi connectivity index (χ0v) is 21.9. The molecule has 2 aliphatic rings. The van der Waals surface area contributed by atoms with Crippen molar-refractivity contribution >= 4 is 54.0 Å². The first-order chi connectivity index (χ1) is 16.3. The second kappa shape index (κ2) is 11.3. The molecule has 0 aromatic heterocycles. The van der Waals surface area contributed by atoms with Crippen molar-refractivity contribution < 1.29 is 42.9 Å². The Balaban J connectivity index is 0.00000456. The summed E-state index contributed by atoms with van der Waals surface area (Å²) in [6.07, 6.45) is 0. The van der Waals surface area contributed by atoms with Gasteiger partial charge < -0.3 is 24.7 Å². The molecule has 0 radical (unpaired) electrons. The molecule has 2 N–H and O–H groups in total. The van der Waals surface area contributed by atoms with Gasteiger partial charge >= 0.3 is 23.9 Å². The van der Waals surface area contributed by atoms with Gasteiger partial charge in [0.05, 0.1) is 5.56 Å². The third kappa shape index (κ3) is 6.56. The summed E-state index contributed by atoms with van der Waals surface area (Å²) in [6.45, 7) is 7.14. The molecule has 1 saturated heterocycles. The van der Waals surface area contributed by atoms with Crippen molar-refractivity contribution in [3.63, 3.8) is 0 Å². The molecule has 13 heteroatoms. The van der Waals surface area contributed by atoms with Crippen molar-refractivity contribution in [1.29, 1.82) is 0 Å². The number of hydrogen-bond donors (Lipinski definition) is 1. The van der Waals surface area contributed by atoms with Gasteiger partial charge in [-0.15, -0.1) is 24.2 Å². The summed E-state index contributed by atoms with van der Waals surface area (Å²) >= 11 is 1.35. The lowest BCUT2D eigenvalue weighted by atomic mass is 10.0. The first-order valence-corrected chi connectivity index (χ1v) is 11.7. The van der Waals surface area contributed by atoms with E-state index in [-0.39, 0.29) is 41.8 Å². The molecule has 1 amide bonds. The summed E-state index contributed by atoms with van der Waals surface area (Å²) in [5.41, 5.74) is 5.49. The molecule has 0 saturated carbocycles. The summed E-state index contributed by atoms with van der Waals surface area (Å²) < 4.78 is 20.9. The molecule has 11 nitrogen and oxygen atoms in total. The van der Waals surface area contributed by atoms with Gasteiger partial charge in [-0.2, -0.15) is 0 Å². The number of carbonyl (C=O) groups excluding carboxylic acids is 5. The normalized spacial score (nSPS) is 18.8. The van der Waals surface area contributed by atoms with Crippen LogP contribution in [-0.4, -0.2) is 64.1 Å². The number of amides is 1. The number of ether oxygens (including phenoxy) is 4. The third-order valence-corrected chi connectivity index (χ3v) is 6.11. The van der Waals surface area contributed by atoms with E-state index < -0.39 is 46.8 Å². The summed E-state index contributed by atoms with van der Waals surface area (Å²) in [5.74, 6) is -3.10. The number of halogens is 1. The van der Waals surface area contributed by atoms with Gasteiger partial charge in [0.25, 0.3) is 0 Å². The highest BCUT2D eigenvalue weighted by atomic mass is 35.5. The Morgan fingerprint density at radius 1 is 1.06 bits per heavy atom. The predicted molar refractivity (Wildman–Crippen MR) is 131 cm³/mol. The van der Waals surface area contributed by atoms with Crippen LogP contribution in [0, 0.1) is 0 Å². The zero-order valence-electron chi connectivity index (χ0n) is 20.3. The Kier molecular flexibility index (Phi) is 9.16. The highest BCUT2D eigenvalue weighted by Crippen LogP contribution is 2.40. The molecule has 0 unspecified atom stereocenters. The Morgan fingerprint density at radius 2 is 1.67 bits per heavy atom. The van der Waals surface area contributed by atoms with E-state index in [2.05, 4.69) is 0 Å². The van der Waals surface area contributed by atoms with Gasteiger partial charge in [0.1, 0.15) is 29.3 Å². The third-order valence-electron chi connectivity index (χ3n) is 4.74. The van der Waals surface area contributed by atoms with Gasteiger partial charge in [-0.3, -0.25) is 19.3 Å². The van der Waals surface area contributed by atoms with E-state index in [0.717, 1.165) is 6.92 Å². The van der Waals surface area contributed by atoms with Crippen LogP contribution >= 0.6 is 24.2 Å². The van der Waals surface area contributed by atoms with Crippen LogP contribution in [0.1, 0.15) is 45.0 Å². The lowest BCUT2D eigenvalue weighted by molar-refractivity contribution is -0.158. The van der Waals surface area contributed by atoms with Crippen LogP contribution in [-0.2, 0) is 28.7 Å². The van der Waals surface area contributed by atoms with E-state index in [4.69, 9.17) is 24.7 Å². The number of benzene rings is 1. The van der Waals surface area contributed by atoms with Gasteiger partial charge in [-0.25, -0.2) is 9.59 Å². The number of β-lactam (4-membered cyclic amide) rings is 1. The molecule has 0 bridgehead atoms. The van der Waals surface area contributed by atoms with Gasteiger partial charge in [-0.05, 0) is 39.0 Å². The molecule has 36 heavy (non-hydrogen) atoms. The topological polar surface area (TPSA) is 152 Å². The average molecular weight is 543 g/mol. The van der Waals surface area contributed by atoms with Crippen LogP contribution in [0.3, 0.4) is 0 Å². The molecular formula is C23H27ClN2O9S. The van der Waals surface area contributed by atoms with E-state index >= 15 is 0 Å². The molecule has 3 rings (SSSR count). The minimum atomic E-state index is -0.807. The average Bonchev–Trinajstić information content (AvgIpc) is 2.75. The summed E-state index contributed by atoms with van der Waals surface area (Å²) in [5, 5.41) is -0.399. The highest BCUT2D eigenvalue weighted by Gasteiger charge is 2.52. The fourth-order valence-corrected chi connectivity index (χ4v) is 4.62. The maximum absolute atomic E-state index is 12.9. The number of rotatable bonds is 6. The summed E-state index contributed by atoms with van der Waals surface area (Å²) in [7, 11) is 0. The molecule has 2 heterocycles. The summed E-state index contributed by atoms with van der Waals surface area (Å²) in [4.78, 5) is 62.0. The second-order valence-corrected chi connectivity index (χ2v) is 9.92. The number of fused-ring (bicyclic) bond motifs is 1. The maximum atomic E-state index is 12.9. The number of nitrogens with two attached hydrogens (primary N) is 1. The predicted octanol–water partition coefficient (Wildman–Crippen LogP) is 1.95. The Labute approximate surface area is 218 Å². The van der Waals surface area contributed by atoms with E-state index in [0.29, 0.717) is 11.3 Å². The minimum Gasteiger partial charge on any atom is -0.457 e. The molecule has 2 atom stereocenters. The van der Waals surface area contributed by atoms with Crippen LogP contribution in [0.2, 0.25) is 0 Å². The number of nitrogens with zero attached hydrogens (tertiary/aromatic N) is 1. The molecule has 0 aliphatic carbocycles.